The molecule has 5 heteroatoms. The van der Waals surface area contributed by atoms with Crippen LogP contribution in [0.4, 0.5) is 0 Å². The number of carbonyl (C=O) groups is 2. The summed E-state index contributed by atoms with van der Waals surface area (Å²) < 4.78 is 5.14. The van der Waals surface area contributed by atoms with E-state index in [1.807, 2.05) is 6.92 Å². The van der Waals surface area contributed by atoms with Gasteiger partial charge in [0.25, 0.3) is 0 Å². The third kappa shape index (κ3) is 8.15. The maximum Gasteiger partial charge on any atom is 0.331 e. The predicted octanol–water partition coefficient (Wildman–Crippen LogP) is 1.33. The van der Waals surface area contributed by atoms with Gasteiger partial charge in [-0.25, -0.2) is 4.79 Å². The van der Waals surface area contributed by atoms with Crippen molar-refractivity contribution in [3.8, 4) is 0 Å². The van der Waals surface area contributed by atoms with Crippen LogP contribution < -0.4 is 5.32 Å². The van der Waals surface area contributed by atoms with E-state index in [0.29, 0.717) is 0 Å². The Morgan fingerprint density at radius 1 is 1.26 bits per heavy atom. The number of hydrogen-bond donors (Lipinski definition) is 2. The van der Waals surface area contributed by atoms with Crippen LogP contribution in [-0.2, 0) is 14.3 Å². The summed E-state index contributed by atoms with van der Waals surface area (Å²) in [5.41, 5.74) is -0.671. The van der Waals surface area contributed by atoms with Crippen LogP contribution in [-0.4, -0.2) is 34.7 Å². The molecular formula is C14H23NO4. The van der Waals surface area contributed by atoms with E-state index in [-0.39, 0.29) is 0 Å². The topological polar surface area (TPSA) is 75.6 Å². The van der Waals surface area contributed by atoms with Crippen molar-refractivity contribution in [2.24, 2.45) is 0 Å². The Bertz CT molecular complexity index is 364. The van der Waals surface area contributed by atoms with Crippen molar-refractivity contribution in [2.75, 3.05) is 0 Å². The van der Waals surface area contributed by atoms with E-state index < -0.39 is 29.6 Å². The second kappa shape index (κ2) is 7.74. The van der Waals surface area contributed by atoms with Crippen LogP contribution in [0.3, 0.4) is 0 Å². The van der Waals surface area contributed by atoms with Crippen LogP contribution in [0.1, 0.15) is 34.6 Å². The van der Waals surface area contributed by atoms with E-state index in [1.54, 1.807) is 39.0 Å². The van der Waals surface area contributed by atoms with Crippen molar-refractivity contribution >= 4 is 11.9 Å². The van der Waals surface area contributed by atoms with Crippen LogP contribution in [0.5, 0.6) is 0 Å². The zero-order valence-electron chi connectivity index (χ0n) is 12.1. The highest BCUT2D eigenvalue weighted by Crippen LogP contribution is 2.10. The van der Waals surface area contributed by atoms with Gasteiger partial charge >= 0.3 is 5.97 Å². The number of aliphatic hydroxyl groups excluding tert-OH is 1. The van der Waals surface area contributed by atoms with Gasteiger partial charge in [0.2, 0.25) is 5.91 Å². The van der Waals surface area contributed by atoms with Crippen LogP contribution in [0.15, 0.2) is 24.3 Å². The zero-order valence-corrected chi connectivity index (χ0v) is 12.1. The van der Waals surface area contributed by atoms with E-state index in [1.165, 1.54) is 13.0 Å². The van der Waals surface area contributed by atoms with E-state index in [4.69, 9.17) is 4.74 Å². The first kappa shape index (κ1) is 17.4. The Labute approximate surface area is 114 Å². The van der Waals surface area contributed by atoms with Gasteiger partial charge in [-0.1, -0.05) is 18.2 Å². The smallest absolute Gasteiger partial charge is 0.331 e. The molecule has 0 bridgehead atoms. The summed E-state index contributed by atoms with van der Waals surface area (Å²) in [5.74, 6) is -1.12. The van der Waals surface area contributed by atoms with Gasteiger partial charge < -0.3 is 15.2 Å². The first-order valence-corrected chi connectivity index (χ1v) is 6.18. The van der Waals surface area contributed by atoms with Crippen molar-refractivity contribution in [2.45, 2.75) is 52.4 Å². The molecule has 5 nitrogen and oxygen atoms in total. The summed E-state index contributed by atoms with van der Waals surface area (Å²) in [7, 11) is 0. The number of carbonyl (C=O) groups excluding carboxylic acids is 2. The molecule has 0 aromatic rings. The fraction of sp³-hybridized carbons (Fsp3) is 0.571. The molecule has 0 aliphatic heterocycles. The van der Waals surface area contributed by atoms with Crippen LogP contribution in [0, 0.1) is 0 Å². The van der Waals surface area contributed by atoms with Crippen molar-refractivity contribution in [1.29, 1.82) is 0 Å². The molecule has 0 aliphatic carbocycles. The summed E-state index contributed by atoms with van der Waals surface area (Å²) in [6.07, 6.45) is 5.24. The normalized spacial score (nSPS) is 15.5. The fourth-order valence-electron chi connectivity index (χ4n) is 1.20. The summed E-state index contributed by atoms with van der Waals surface area (Å²) in [5, 5.41) is 12.0. The quantitative estimate of drug-likeness (QED) is 0.448. The number of nitrogens with one attached hydrogen (secondary N) is 1. The molecule has 0 spiro atoms. The molecule has 0 unspecified atom stereocenters. The summed E-state index contributed by atoms with van der Waals surface area (Å²) in [6.45, 7) is 8.40. The highest BCUT2D eigenvalue weighted by molar-refractivity contribution is 5.92. The van der Waals surface area contributed by atoms with Crippen molar-refractivity contribution in [3.63, 3.8) is 0 Å². The summed E-state index contributed by atoms with van der Waals surface area (Å²) in [6, 6.07) is -1.08. The van der Waals surface area contributed by atoms with Crippen LogP contribution in [0.25, 0.3) is 0 Å². The molecule has 108 valence electrons. The lowest BCUT2D eigenvalue weighted by Gasteiger charge is -2.25. The van der Waals surface area contributed by atoms with Gasteiger partial charge in [0.15, 0.2) is 6.04 Å². The Balaban J connectivity index is 4.66. The molecule has 0 saturated carbocycles. The Morgan fingerprint density at radius 2 is 1.84 bits per heavy atom. The largest absolute Gasteiger partial charge is 0.458 e. The molecule has 0 radical (unpaired) electrons. The number of esters is 1. The first-order chi connectivity index (χ1) is 8.67. The lowest BCUT2D eigenvalue weighted by atomic mass is 10.1. The van der Waals surface area contributed by atoms with Gasteiger partial charge in [0.1, 0.15) is 5.60 Å². The van der Waals surface area contributed by atoms with Crippen LogP contribution >= 0.6 is 0 Å². The van der Waals surface area contributed by atoms with E-state index in [9.17, 15) is 14.7 Å². The Morgan fingerprint density at radius 3 is 2.26 bits per heavy atom. The molecule has 0 saturated heterocycles. The van der Waals surface area contributed by atoms with Gasteiger partial charge in [-0.05, 0) is 34.6 Å². The average molecular weight is 269 g/mol. The molecule has 0 fully saturated rings. The minimum absolute atomic E-state index is 0.463. The molecule has 1 amide bonds. The van der Waals surface area contributed by atoms with Gasteiger partial charge in [0.05, 0.1) is 6.10 Å². The standard InChI is InChI=1S/C14H23NO4/c1-6-7-8-9-11(17)15-12(10(2)16)13(18)19-14(3,4)5/h6-10,12,16H,1-5H3,(H,15,17)/b7-6+,9-8+/t10-,12+/m1/s1. The predicted molar refractivity (Wildman–Crippen MR) is 73.4 cm³/mol. The molecule has 2 N–H and O–H groups in total. The maximum absolute atomic E-state index is 11.8. The Kier molecular flexibility index (Phi) is 7.08. The SMILES string of the molecule is C/C=C/C=C/C(=O)N[C@H](C(=O)OC(C)(C)C)[C@@H](C)O. The molecular weight excluding hydrogens is 246 g/mol. The Hall–Kier alpha value is -1.62. The second-order valence-electron chi connectivity index (χ2n) is 5.15. The van der Waals surface area contributed by atoms with Crippen molar-refractivity contribution in [3.05, 3.63) is 24.3 Å². The number of aliphatic hydroxyl groups is 1. The average Bonchev–Trinajstić information content (AvgIpc) is 2.23. The highest BCUT2D eigenvalue weighted by Gasteiger charge is 2.29. The highest BCUT2D eigenvalue weighted by atomic mass is 16.6. The van der Waals surface area contributed by atoms with Gasteiger partial charge in [-0.2, -0.15) is 0 Å². The lowest BCUT2D eigenvalue weighted by molar-refractivity contribution is -0.161. The minimum Gasteiger partial charge on any atom is -0.458 e. The number of hydrogen-bond acceptors (Lipinski definition) is 4. The zero-order chi connectivity index (χ0) is 15.1. The van der Waals surface area contributed by atoms with E-state index in [2.05, 4.69) is 5.32 Å². The van der Waals surface area contributed by atoms with E-state index >= 15 is 0 Å². The third-order valence-electron chi connectivity index (χ3n) is 1.99. The molecule has 0 heterocycles. The van der Waals surface area contributed by atoms with Gasteiger partial charge in [-0.15, -0.1) is 0 Å². The second-order valence-corrected chi connectivity index (χ2v) is 5.15. The maximum atomic E-state index is 11.8. The number of amides is 1. The van der Waals surface area contributed by atoms with Crippen molar-refractivity contribution in [1.82, 2.24) is 5.32 Å². The van der Waals surface area contributed by atoms with Gasteiger partial charge in [-0.3, -0.25) is 4.79 Å². The number of allylic oxidation sites excluding steroid dienone is 3. The molecule has 19 heavy (non-hydrogen) atoms. The molecule has 0 rings (SSSR count). The molecule has 0 aliphatic rings. The minimum atomic E-state index is -1.08. The first-order valence-electron chi connectivity index (χ1n) is 6.18. The summed E-state index contributed by atoms with van der Waals surface area (Å²) >= 11 is 0. The molecule has 0 aromatic heterocycles. The molecule has 2 atom stereocenters. The third-order valence-corrected chi connectivity index (χ3v) is 1.99. The number of ether oxygens (including phenoxy) is 1. The van der Waals surface area contributed by atoms with Crippen LogP contribution in [0.2, 0.25) is 0 Å². The number of rotatable bonds is 5. The fourth-order valence-corrected chi connectivity index (χ4v) is 1.20. The van der Waals surface area contributed by atoms with E-state index in [0.717, 1.165) is 0 Å². The molecule has 0 aromatic carbocycles. The van der Waals surface area contributed by atoms with Crippen molar-refractivity contribution < 1.29 is 19.4 Å². The monoisotopic (exact) mass is 269 g/mol. The lowest BCUT2D eigenvalue weighted by Crippen LogP contribution is -2.49. The summed E-state index contributed by atoms with van der Waals surface area (Å²) in [4.78, 5) is 23.4. The van der Waals surface area contributed by atoms with Gasteiger partial charge in [0, 0.05) is 6.08 Å².